The highest BCUT2D eigenvalue weighted by Crippen LogP contribution is 2.46. The predicted octanol–water partition coefficient (Wildman–Crippen LogP) is 0.934. The van der Waals surface area contributed by atoms with Gasteiger partial charge in [-0.1, -0.05) is 0 Å². The second-order valence-electron chi connectivity index (χ2n) is 5.19. The van der Waals surface area contributed by atoms with Crippen molar-refractivity contribution in [1.82, 2.24) is 4.90 Å². The van der Waals surface area contributed by atoms with Gasteiger partial charge < -0.3 is 4.74 Å². The highest BCUT2D eigenvalue weighted by molar-refractivity contribution is 5.87. The highest BCUT2D eigenvalue weighted by atomic mass is 16.5. The number of hydrogen-bond donors (Lipinski definition) is 0. The molecular weight excluding hydrogens is 190 g/mol. The maximum Gasteiger partial charge on any atom is 0.140 e. The summed E-state index contributed by atoms with van der Waals surface area (Å²) in [6.45, 7) is 4.72. The molecule has 15 heavy (non-hydrogen) atoms. The van der Waals surface area contributed by atoms with Crippen LogP contribution in [0.1, 0.15) is 19.3 Å². The van der Waals surface area contributed by atoms with Crippen LogP contribution in [0.5, 0.6) is 0 Å². The third kappa shape index (κ3) is 1.72. The number of ketones is 1. The molecule has 3 nitrogen and oxygen atoms in total. The van der Waals surface area contributed by atoms with Crippen molar-refractivity contribution in [2.45, 2.75) is 19.3 Å². The van der Waals surface area contributed by atoms with E-state index in [1.165, 1.54) is 19.3 Å². The lowest BCUT2D eigenvalue weighted by Gasteiger charge is -2.31. The van der Waals surface area contributed by atoms with E-state index in [9.17, 15) is 4.79 Å². The Morgan fingerprint density at radius 1 is 1.27 bits per heavy atom. The number of carbonyl (C=O) groups is 1. The number of fused-ring (bicyclic) bond motifs is 2. The molecule has 3 heteroatoms. The van der Waals surface area contributed by atoms with E-state index in [4.69, 9.17) is 4.74 Å². The zero-order valence-corrected chi connectivity index (χ0v) is 9.15. The first-order chi connectivity index (χ1) is 7.34. The van der Waals surface area contributed by atoms with E-state index in [1.54, 1.807) is 0 Å². The summed E-state index contributed by atoms with van der Waals surface area (Å²) in [5, 5.41) is 0. The van der Waals surface area contributed by atoms with Crippen LogP contribution in [-0.4, -0.2) is 43.5 Å². The van der Waals surface area contributed by atoms with Crippen LogP contribution in [-0.2, 0) is 9.53 Å². The smallest absolute Gasteiger partial charge is 0.140 e. The van der Waals surface area contributed by atoms with Gasteiger partial charge in [0.25, 0.3) is 0 Å². The number of nitrogens with zero attached hydrogens (tertiary/aromatic N) is 1. The molecule has 1 heterocycles. The summed E-state index contributed by atoms with van der Waals surface area (Å²) >= 11 is 0. The number of morpholine rings is 1. The second kappa shape index (κ2) is 3.87. The largest absolute Gasteiger partial charge is 0.379 e. The standard InChI is InChI=1S/C12H19NO2/c14-12-10-2-1-9(7-10)11(12)8-13-3-5-15-6-4-13/h9-11H,1-8H2/t9-,10+,11-/m1/s1. The first-order valence-electron chi connectivity index (χ1n) is 6.18. The topological polar surface area (TPSA) is 29.5 Å². The first kappa shape index (κ1) is 9.79. The van der Waals surface area contributed by atoms with E-state index in [-0.39, 0.29) is 0 Å². The number of rotatable bonds is 2. The monoisotopic (exact) mass is 209 g/mol. The van der Waals surface area contributed by atoms with Crippen LogP contribution in [0.25, 0.3) is 0 Å². The van der Waals surface area contributed by atoms with Gasteiger partial charge in [0, 0.05) is 31.5 Å². The SMILES string of the molecule is O=C1[C@H]2CC[C@H](C2)[C@H]1CN1CCOCC1. The van der Waals surface area contributed by atoms with E-state index < -0.39 is 0 Å². The van der Waals surface area contributed by atoms with Gasteiger partial charge in [-0.05, 0) is 25.2 Å². The zero-order chi connectivity index (χ0) is 10.3. The van der Waals surface area contributed by atoms with Crippen LogP contribution in [0.3, 0.4) is 0 Å². The number of ether oxygens (including phenoxy) is 1. The molecular formula is C12H19NO2. The fourth-order valence-electron chi connectivity index (χ4n) is 3.48. The lowest BCUT2D eigenvalue weighted by atomic mass is 9.87. The highest BCUT2D eigenvalue weighted by Gasteiger charge is 2.46. The minimum Gasteiger partial charge on any atom is -0.379 e. The lowest BCUT2D eigenvalue weighted by molar-refractivity contribution is -0.126. The Labute approximate surface area is 90.8 Å². The van der Waals surface area contributed by atoms with Crippen LogP contribution in [0.2, 0.25) is 0 Å². The van der Waals surface area contributed by atoms with E-state index in [2.05, 4.69) is 4.90 Å². The van der Waals surface area contributed by atoms with Crippen molar-refractivity contribution in [3.8, 4) is 0 Å². The molecule has 2 saturated carbocycles. The van der Waals surface area contributed by atoms with Crippen LogP contribution in [0.4, 0.5) is 0 Å². The Morgan fingerprint density at radius 2 is 2.07 bits per heavy atom. The summed E-state index contributed by atoms with van der Waals surface area (Å²) in [7, 11) is 0. The Morgan fingerprint density at radius 3 is 2.73 bits per heavy atom. The van der Waals surface area contributed by atoms with Crippen molar-refractivity contribution in [2.24, 2.45) is 17.8 Å². The van der Waals surface area contributed by atoms with Gasteiger partial charge in [0.1, 0.15) is 5.78 Å². The van der Waals surface area contributed by atoms with Gasteiger partial charge in [-0.3, -0.25) is 9.69 Å². The summed E-state index contributed by atoms with van der Waals surface area (Å²) in [4.78, 5) is 14.4. The van der Waals surface area contributed by atoms with Crippen molar-refractivity contribution in [3.05, 3.63) is 0 Å². The summed E-state index contributed by atoms with van der Waals surface area (Å²) < 4.78 is 5.33. The number of Topliss-reactive ketones (excluding diaryl/α,β-unsaturated/α-hetero) is 1. The fraction of sp³-hybridized carbons (Fsp3) is 0.917. The quantitative estimate of drug-likeness (QED) is 0.677. The first-order valence-corrected chi connectivity index (χ1v) is 6.18. The Bertz CT molecular complexity index is 260. The summed E-state index contributed by atoms with van der Waals surface area (Å²) in [6.07, 6.45) is 3.66. The molecule has 0 N–H and O–H groups in total. The third-order valence-corrected chi connectivity index (χ3v) is 4.37. The van der Waals surface area contributed by atoms with Gasteiger partial charge >= 0.3 is 0 Å². The summed E-state index contributed by atoms with van der Waals surface area (Å²) in [5.74, 6) is 2.07. The maximum atomic E-state index is 12.0. The molecule has 0 amide bonds. The van der Waals surface area contributed by atoms with Gasteiger partial charge in [-0.25, -0.2) is 0 Å². The van der Waals surface area contributed by atoms with Gasteiger partial charge in [0.2, 0.25) is 0 Å². The second-order valence-corrected chi connectivity index (χ2v) is 5.19. The normalized spacial score (nSPS) is 41.3. The molecule has 84 valence electrons. The molecule has 1 aliphatic heterocycles. The van der Waals surface area contributed by atoms with Crippen molar-refractivity contribution in [3.63, 3.8) is 0 Å². The average Bonchev–Trinajstić information content (AvgIpc) is 2.84. The molecule has 3 rings (SSSR count). The molecule has 2 bridgehead atoms. The minimum absolute atomic E-state index is 0.363. The van der Waals surface area contributed by atoms with Gasteiger partial charge in [-0.15, -0.1) is 0 Å². The van der Waals surface area contributed by atoms with Crippen LogP contribution in [0.15, 0.2) is 0 Å². The Hall–Kier alpha value is -0.410. The van der Waals surface area contributed by atoms with E-state index in [0.29, 0.717) is 23.5 Å². The van der Waals surface area contributed by atoms with E-state index in [1.807, 2.05) is 0 Å². The predicted molar refractivity (Wildman–Crippen MR) is 56.6 cm³/mol. The third-order valence-electron chi connectivity index (χ3n) is 4.37. The maximum absolute atomic E-state index is 12.0. The lowest BCUT2D eigenvalue weighted by Crippen LogP contribution is -2.42. The van der Waals surface area contributed by atoms with Crippen molar-refractivity contribution in [1.29, 1.82) is 0 Å². The molecule has 0 unspecified atom stereocenters. The Kier molecular flexibility index (Phi) is 2.53. The minimum atomic E-state index is 0.363. The van der Waals surface area contributed by atoms with Crippen LogP contribution in [0, 0.1) is 17.8 Å². The number of hydrogen-bond acceptors (Lipinski definition) is 3. The molecule has 1 saturated heterocycles. The van der Waals surface area contributed by atoms with Gasteiger partial charge in [0.15, 0.2) is 0 Å². The molecule has 0 aromatic rings. The molecule has 0 radical (unpaired) electrons. The fourth-order valence-corrected chi connectivity index (χ4v) is 3.48. The van der Waals surface area contributed by atoms with Gasteiger partial charge in [0.05, 0.1) is 13.2 Å². The molecule has 0 spiro atoms. The van der Waals surface area contributed by atoms with Crippen LogP contribution >= 0.6 is 0 Å². The van der Waals surface area contributed by atoms with Crippen molar-refractivity contribution in [2.75, 3.05) is 32.8 Å². The molecule has 0 aromatic carbocycles. The van der Waals surface area contributed by atoms with E-state index >= 15 is 0 Å². The molecule has 3 atom stereocenters. The average molecular weight is 209 g/mol. The van der Waals surface area contributed by atoms with E-state index in [0.717, 1.165) is 32.8 Å². The molecule has 0 aromatic heterocycles. The van der Waals surface area contributed by atoms with Crippen molar-refractivity contribution < 1.29 is 9.53 Å². The molecule has 3 aliphatic rings. The number of carbonyl (C=O) groups excluding carboxylic acids is 1. The van der Waals surface area contributed by atoms with Crippen molar-refractivity contribution >= 4 is 5.78 Å². The Balaban J connectivity index is 1.60. The molecule has 3 fully saturated rings. The van der Waals surface area contributed by atoms with Crippen LogP contribution < -0.4 is 0 Å². The zero-order valence-electron chi connectivity index (χ0n) is 9.15. The molecule has 2 aliphatic carbocycles. The summed E-state index contributed by atoms with van der Waals surface area (Å²) in [5.41, 5.74) is 0. The van der Waals surface area contributed by atoms with Gasteiger partial charge in [-0.2, -0.15) is 0 Å². The summed E-state index contributed by atoms with van der Waals surface area (Å²) in [6, 6.07) is 0.